The van der Waals surface area contributed by atoms with Gasteiger partial charge in [0, 0.05) is 17.2 Å². The summed E-state index contributed by atoms with van der Waals surface area (Å²) in [5.41, 5.74) is 1.17. The van der Waals surface area contributed by atoms with Crippen LogP contribution in [-0.4, -0.2) is 32.6 Å². The summed E-state index contributed by atoms with van der Waals surface area (Å²) in [6.45, 7) is -0.303. The van der Waals surface area contributed by atoms with Crippen LogP contribution >= 0.6 is 0 Å². The summed E-state index contributed by atoms with van der Waals surface area (Å²) in [6, 6.07) is 13.9. The molecule has 0 radical (unpaired) electrons. The molecule has 0 heterocycles. The van der Waals surface area contributed by atoms with Crippen LogP contribution in [-0.2, 0) is 9.53 Å². The fraction of sp³-hybridized carbons (Fsp3) is 0.158. The number of methoxy groups -OCH3 is 2. The number of Topliss-reactive ketones (excluding diaryl/α,β-unsaturated/α-hetero) is 1. The predicted octanol–water partition coefficient (Wildman–Crippen LogP) is 3.14. The van der Waals surface area contributed by atoms with E-state index < -0.39 is 5.97 Å². The summed E-state index contributed by atoms with van der Waals surface area (Å²) in [5, 5.41) is 0. The van der Waals surface area contributed by atoms with Gasteiger partial charge in [-0.25, -0.2) is 4.79 Å². The Kier molecular flexibility index (Phi) is 6.14. The predicted molar refractivity (Wildman–Crippen MR) is 90.3 cm³/mol. The Morgan fingerprint density at radius 3 is 2.42 bits per heavy atom. The summed E-state index contributed by atoms with van der Waals surface area (Å²) >= 11 is 0. The van der Waals surface area contributed by atoms with Crippen molar-refractivity contribution in [3.8, 4) is 11.5 Å². The molecule has 0 bridgehead atoms. The van der Waals surface area contributed by atoms with Crippen LogP contribution in [0.2, 0.25) is 0 Å². The molecule has 0 saturated carbocycles. The first-order valence-corrected chi connectivity index (χ1v) is 7.29. The SMILES string of the molecule is COc1ccc(OC)c(/C=C/C(=O)OCC(=O)c2ccccc2)c1. The second-order valence-electron chi connectivity index (χ2n) is 4.84. The number of hydrogen-bond acceptors (Lipinski definition) is 5. The van der Waals surface area contributed by atoms with Gasteiger partial charge in [-0.05, 0) is 24.3 Å². The van der Waals surface area contributed by atoms with E-state index in [9.17, 15) is 9.59 Å². The van der Waals surface area contributed by atoms with Crippen LogP contribution in [0.3, 0.4) is 0 Å². The zero-order valence-corrected chi connectivity index (χ0v) is 13.5. The Hall–Kier alpha value is -3.08. The smallest absolute Gasteiger partial charge is 0.331 e. The lowest BCUT2D eigenvalue weighted by Crippen LogP contribution is -2.12. The largest absolute Gasteiger partial charge is 0.497 e. The first-order valence-electron chi connectivity index (χ1n) is 7.29. The highest BCUT2D eigenvalue weighted by Crippen LogP contribution is 2.25. The number of esters is 1. The molecule has 0 unspecified atom stereocenters. The van der Waals surface area contributed by atoms with Crippen LogP contribution in [0.1, 0.15) is 15.9 Å². The summed E-state index contributed by atoms with van der Waals surface area (Å²) in [6.07, 6.45) is 2.80. The van der Waals surface area contributed by atoms with Gasteiger partial charge < -0.3 is 14.2 Å². The van der Waals surface area contributed by atoms with Gasteiger partial charge in [-0.1, -0.05) is 30.3 Å². The molecule has 0 atom stereocenters. The van der Waals surface area contributed by atoms with E-state index in [0.29, 0.717) is 22.6 Å². The van der Waals surface area contributed by atoms with Gasteiger partial charge in [-0.2, -0.15) is 0 Å². The minimum absolute atomic E-state index is 0.253. The monoisotopic (exact) mass is 326 g/mol. The Bertz CT molecular complexity index is 735. The lowest BCUT2D eigenvalue weighted by Gasteiger charge is -2.07. The molecule has 0 fully saturated rings. The van der Waals surface area contributed by atoms with Crippen LogP contribution in [0.25, 0.3) is 6.08 Å². The van der Waals surface area contributed by atoms with Gasteiger partial charge in [0.25, 0.3) is 0 Å². The molecule has 0 aliphatic rings. The number of hydrogen-bond donors (Lipinski definition) is 0. The lowest BCUT2D eigenvalue weighted by atomic mass is 10.1. The van der Waals surface area contributed by atoms with Gasteiger partial charge in [-0.15, -0.1) is 0 Å². The zero-order chi connectivity index (χ0) is 17.4. The topological polar surface area (TPSA) is 61.8 Å². The van der Waals surface area contributed by atoms with Crippen molar-refractivity contribution in [2.75, 3.05) is 20.8 Å². The number of carbonyl (C=O) groups excluding carboxylic acids is 2. The molecule has 0 aliphatic heterocycles. The second kappa shape index (κ2) is 8.53. The van der Waals surface area contributed by atoms with Crippen molar-refractivity contribution in [3.63, 3.8) is 0 Å². The van der Waals surface area contributed by atoms with Crippen molar-refractivity contribution < 1.29 is 23.8 Å². The van der Waals surface area contributed by atoms with Gasteiger partial charge in [0.2, 0.25) is 0 Å². The summed E-state index contributed by atoms with van der Waals surface area (Å²) in [7, 11) is 3.09. The van der Waals surface area contributed by atoms with Crippen molar-refractivity contribution in [2.24, 2.45) is 0 Å². The number of ketones is 1. The summed E-state index contributed by atoms with van der Waals surface area (Å²) in [4.78, 5) is 23.6. The second-order valence-corrected chi connectivity index (χ2v) is 4.84. The average molecular weight is 326 g/mol. The highest BCUT2D eigenvalue weighted by molar-refractivity contribution is 5.98. The summed E-state index contributed by atoms with van der Waals surface area (Å²) in [5.74, 6) is 0.378. The van der Waals surface area contributed by atoms with Gasteiger partial charge in [-0.3, -0.25) is 4.79 Å². The minimum Gasteiger partial charge on any atom is -0.497 e. The maximum atomic E-state index is 11.9. The van der Waals surface area contributed by atoms with E-state index in [1.807, 2.05) is 6.07 Å². The maximum Gasteiger partial charge on any atom is 0.331 e. The third-order valence-electron chi connectivity index (χ3n) is 3.28. The third-order valence-corrected chi connectivity index (χ3v) is 3.28. The fourth-order valence-corrected chi connectivity index (χ4v) is 2.02. The average Bonchev–Trinajstić information content (AvgIpc) is 2.64. The number of ether oxygens (including phenoxy) is 3. The number of carbonyl (C=O) groups is 2. The van der Waals surface area contributed by atoms with E-state index in [-0.39, 0.29) is 12.4 Å². The molecule has 2 aromatic rings. The van der Waals surface area contributed by atoms with Gasteiger partial charge >= 0.3 is 5.97 Å². The molecule has 0 amide bonds. The van der Waals surface area contributed by atoms with Crippen LogP contribution < -0.4 is 9.47 Å². The Morgan fingerprint density at radius 1 is 1.00 bits per heavy atom. The van der Waals surface area contributed by atoms with E-state index >= 15 is 0 Å². The molecule has 0 saturated heterocycles. The van der Waals surface area contributed by atoms with E-state index in [0.717, 1.165) is 0 Å². The van der Waals surface area contributed by atoms with Gasteiger partial charge in [0.15, 0.2) is 12.4 Å². The Labute approximate surface area is 140 Å². The highest BCUT2D eigenvalue weighted by Gasteiger charge is 2.08. The Balaban J connectivity index is 1.97. The van der Waals surface area contributed by atoms with Crippen molar-refractivity contribution in [2.45, 2.75) is 0 Å². The minimum atomic E-state index is -0.607. The van der Waals surface area contributed by atoms with Crippen LogP contribution in [0, 0.1) is 0 Å². The van der Waals surface area contributed by atoms with Crippen LogP contribution in [0.4, 0.5) is 0 Å². The maximum absolute atomic E-state index is 11.9. The highest BCUT2D eigenvalue weighted by atomic mass is 16.5. The first kappa shape index (κ1) is 17.3. The molecule has 2 aromatic carbocycles. The molecule has 0 N–H and O–H groups in total. The standard InChI is InChI=1S/C19H18O5/c1-22-16-9-10-18(23-2)15(12-16)8-11-19(21)24-13-17(20)14-6-4-3-5-7-14/h3-12H,13H2,1-2H3/b11-8+. The molecule has 5 heteroatoms. The summed E-state index contributed by atoms with van der Waals surface area (Å²) < 4.78 is 15.3. The third kappa shape index (κ3) is 4.71. The molecule has 124 valence electrons. The van der Waals surface area contributed by atoms with Crippen LogP contribution in [0.5, 0.6) is 11.5 Å². The molecule has 24 heavy (non-hydrogen) atoms. The zero-order valence-electron chi connectivity index (χ0n) is 13.5. The van der Waals surface area contributed by atoms with Gasteiger partial charge in [0.1, 0.15) is 11.5 Å². The van der Waals surface area contributed by atoms with Crippen molar-refractivity contribution in [1.29, 1.82) is 0 Å². The number of benzene rings is 2. The van der Waals surface area contributed by atoms with Crippen molar-refractivity contribution >= 4 is 17.8 Å². The van der Waals surface area contributed by atoms with Crippen molar-refractivity contribution in [3.05, 3.63) is 65.7 Å². The molecular weight excluding hydrogens is 308 g/mol. The number of rotatable bonds is 7. The van der Waals surface area contributed by atoms with E-state index in [1.165, 1.54) is 13.2 Å². The lowest BCUT2D eigenvalue weighted by molar-refractivity contribution is -0.136. The molecule has 5 nitrogen and oxygen atoms in total. The molecule has 0 aromatic heterocycles. The van der Waals surface area contributed by atoms with Crippen molar-refractivity contribution in [1.82, 2.24) is 0 Å². The van der Waals surface area contributed by atoms with Crippen LogP contribution in [0.15, 0.2) is 54.6 Å². The van der Waals surface area contributed by atoms with E-state index in [1.54, 1.807) is 55.7 Å². The Morgan fingerprint density at radius 2 is 1.75 bits per heavy atom. The van der Waals surface area contributed by atoms with E-state index in [4.69, 9.17) is 14.2 Å². The first-order chi connectivity index (χ1) is 11.6. The molecule has 2 rings (SSSR count). The van der Waals surface area contributed by atoms with Gasteiger partial charge in [0.05, 0.1) is 14.2 Å². The molecule has 0 aliphatic carbocycles. The fourth-order valence-electron chi connectivity index (χ4n) is 2.02. The molecular formula is C19H18O5. The quantitative estimate of drug-likeness (QED) is 0.444. The van der Waals surface area contributed by atoms with E-state index in [2.05, 4.69) is 0 Å². The normalized spacial score (nSPS) is 10.4. The molecule has 0 spiro atoms.